The van der Waals surface area contributed by atoms with Gasteiger partial charge in [0, 0.05) is 12.5 Å². The van der Waals surface area contributed by atoms with Crippen molar-refractivity contribution < 1.29 is 9.53 Å². The molecule has 70 valence electrons. The van der Waals surface area contributed by atoms with E-state index < -0.39 is 0 Å². The number of ether oxygens (including phenoxy) is 1. The van der Waals surface area contributed by atoms with Crippen LogP contribution in [0, 0.1) is 5.41 Å². The molecule has 0 aromatic carbocycles. The molecule has 2 N–H and O–H groups in total. The molecule has 2 atom stereocenters. The standard InChI is InChI=1S/C9H17NO2/c1-9(8(10)11)5-3-4-7(6-9)12-2/h7H,3-6H2,1-2H3,(H2,10,11). The maximum absolute atomic E-state index is 11.1. The molecule has 0 bridgehead atoms. The molecule has 1 saturated carbocycles. The molecule has 3 nitrogen and oxygen atoms in total. The molecule has 0 radical (unpaired) electrons. The fourth-order valence-corrected chi connectivity index (χ4v) is 1.85. The maximum atomic E-state index is 11.1. The Labute approximate surface area is 73.3 Å². The second kappa shape index (κ2) is 3.44. The number of hydrogen-bond acceptors (Lipinski definition) is 2. The minimum atomic E-state index is -0.334. The molecule has 0 aliphatic heterocycles. The molecule has 0 saturated heterocycles. The van der Waals surface area contributed by atoms with E-state index >= 15 is 0 Å². The van der Waals surface area contributed by atoms with E-state index in [-0.39, 0.29) is 17.4 Å². The SMILES string of the molecule is COC1CCCC(C)(C(N)=O)C1. The van der Waals surface area contributed by atoms with E-state index in [2.05, 4.69) is 0 Å². The van der Waals surface area contributed by atoms with Crippen LogP contribution < -0.4 is 5.73 Å². The molecule has 0 aromatic heterocycles. The van der Waals surface area contributed by atoms with Crippen molar-refractivity contribution in [3.05, 3.63) is 0 Å². The minimum Gasteiger partial charge on any atom is -0.381 e. The number of rotatable bonds is 2. The van der Waals surface area contributed by atoms with Crippen molar-refractivity contribution in [3.8, 4) is 0 Å². The van der Waals surface area contributed by atoms with E-state index in [4.69, 9.17) is 10.5 Å². The smallest absolute Gasteiger partial charge is 0.223 e. The van der Waals surface area contributed by atoms with E-state index in [1.54, 1.807) is 7.11 Å². The molecule has 0 spiro atoms. The van der Waals surface area contributed by atoms with Gasteiger partial charge < -0.3 is 10.5 Å². The van der Waals surface area contributed by atoms with E-state index in [1.807, 2.05) is 6.92 Å². The molecule has 2 unspecified atom stereocenters. The second-order valence-electron chi connectivity index (χ2n) is 3.88. The van der Waals surface area contributed by atoms with Gasteiger partial charge in [0.2, 0.25) is 5.91 Å². The van der Waals surface area contributed by atoms with Crippen molar-refractivity contribution in [3.63, 3.8) is 0 Å². The van der Waals surface area contributed by atoms with Crippen molar-refractivity contribution in [1.82, 2.24) is 0 Å². The van der Waals surface area contributed by atoms with E-state index in [0.29, 0.717) is 0 Å². The topological polar surface area (TPSA) is 52.3 Å². The quantitative estimate of drug-likeness (QED) is 0.675. The number of primary amides is 1. The number of carbonyl (C=O) groups is 1. The summed E-state index contributed by atoms with van der Waals surface area (Å²) in [4.78, 5) is 11.1. The lowest BCUT2D eigenvalue weighted by Crippen LogP contribution is -2.40. The summed E-state index contributed by atoms with van der Waals surface area (Å²) in [6, 6.07) is 0. The summed E-state index contributed by atoms with van der Waals surface area (Å²) in [6.07, 6.45) is 3.99. The van der Waals surface area contributed by atoms with Gasteiger partial charge in [0.05, 0.1) is 6.10 Å². The normalized spacial score (nSPS) is 36.3. The molecule has 1 fully saturated rings. The maximum Gasteiger partial charge on any atom is 0.223 e. The van der Waals surface area contributed by atoms with Gasteiger partial charge in [-0.05, 0) is 25.7 Å². The summed E-state index contributed by atoms with van der Waals surface area (Å²) >= 11 is 0. The van der Waals surface area contributed by atoms with Crippen LogP contribution in [0.5, 0.6) is 0 Å². The summed E-state index contributed by atoms with van der Waals surface area (Å²) in [7, 11) is 1.69. The zero-order valence-corrected chi connectivity index (χ0v) is 7.80. The molecule has 1 rings (SSSR count). The molecule has 0 heterocycles. The van der Waals surface area contributed by atoms with Crippen molar-refractivity contribution >= 4 is 5.91 Å². The molecule has 3 heteroatoms. The Bertz CT molecular complexity index is 181. The largest absolute Gasteiger partial charge is 0.381 e. The van der Waals surface area contributed by atoms with E-state index in [0.717, 1.165) is 25.7 Å². The summed E-state index contributed by atoms with van der Waals surface area (Å²) in [5, 5.41) is 0. The molecule has 1 aliphatic carbocycles. The van der Waals surface area contributed by atoms with Crippen LogP contribution in [0.4, 0.5) is 0 Å². The fourth-order valence-electron chi connectivity index (χ4n) is 1.85. The lowest BCUT2D eigenvalue weighted by atomic mass is 9.74. The third kappa shape index (κ3) is 1.78. The Hall–Kier alpha value is -0.570. The van der Waals surface area contributed by atoms with Crippen LogP contribution in [0.3, 0.4) is 0 Å². The lowest BCUT2D eigenvalue weighted by Gasteiger charge is -2.34. The van der Waals surface area contributed by atoms with Gasteiger partial charge >= 0.3 is 0 Å². The van der Waals surface area contributed by atoms with E-state index in [9.17, 15) is 4.79 Å². The van der Waals surface area contributed by atoms with Gasteiger partial charge in [-0.2, -0.15) is 0 Å². The first-order chi connectivity index (χ1) is 5.58. The van der Waals surface area contributed by atoms with Crippen LogP contribution in [0.25, 0.3) is 0 Å². The highest BCUT2D eigenvalue weighted by Crippen LogP contribution is 2.36. The second-order valence-corrected chi connectivity index (χ2v) is 3.88. The number of nitrogens with two attached hydrogens (primary N) is 1. The van der Waals surface area contributed by atoms with Gasteiger partial charge in [0.25, 0.3) is 0 Å². The Balaban J connectivity index is 2.61. The highest BCUT2D eigenvalue weighted by molar-refractivity contribution is 5.80. The zero-order valence-electron chi connectivity index (χ0n) is 7.80. The van der Waals surface area contributed by atoms with Gasteiger partial charge in [0.15, 0.2) is 0 Å². The molecular formula is C9H17NO2. The predicted molar refractivity (Wildman–Crippen MR) is 46.6 cm³/mol. The number of hydrogen-bond donors (Lipinski definition) is 1. The van der Waals surface area contributed by atoms with Gasteiger partial charge in [-0.3, -0.25) is 4.79 Å². The van der Waals surface area contributed by atoms with Gasteiger partial charge in [-0.1, -0.05) is 6.92 Å². The third-order valence-electron chi connectivity index (χ3n) is 2.86. The van der Waals surface area contributed by atoms with E-state index in [1.165, 1.54) is 0 Å². The Kier molecular flexibility index (Phi) is 2.73. The summed E-state index contributed by atoms with van der Waals surface area (Å²) in [6.45, 7) is 1.93. The Morgan fingerprint density at radius 1 is 1.67 bits per heavy atom. The predicted octanol–water partition coefficient (Wildman–Crippen LogP) is 1.07. The van der Waals surface area contributed by atoms with Crippen LogP contribution in [-0.4, -0.2) is 19.1 Å². The van der Waals surface area contributed by atoms with Gasteiger partial charge in [-0.25, -0.2) is 0 Å². The first kappa shape index (κ1) is 9.52. The lowest BCUT2D eigenvalue weighted by molar-refractivity contribution is -0.131. The van der Waals surface area contributed by atoms with Crippen molar-refractivity contribution in [2.75, 3.05) is 7.11 Å². The Morgan fingerprint density at radius 3 is 2.83 bits per heavy atom. The van der Waals surface area contributed by atoms with Crippen LogP contribution in [0.1, 0.15) is 32.6 Å². The third-order valence-corrected chi connectivity index (χ3v) is 2.86. The van der Waals surface area contributed by atoms with Crippen molar-refractivity contribution in [1.29, 1.82) is 0 Å². The molecular weight excluding hydrogens is 154 g/mol. The fraction of sp³-hybridized carbons (Fsp3) is 0.889. The monoisotopic (exact) mass is 171 g/mol. The highest BCUT2D eigenvalue weighted by atomic mass is 16.5. The summed E-state index contributed by atoms with van der Waals surface area (Å²) in [5.41, 5.74) is 4.99. The Morgan fingerprint density at radius 2 is 2.33 bits per heavy atom. The van der Waals surface area contributed by atoms with Crippen LogP contribution >= 0.6 is 0 Å². The van der Waals surface area contributed by atoms with Crippen LogP contribution in [0.2, 0.25) is 0 Å². The average molecular weight is 171 g/mol. The molecule has 12 heavy (non-hydrogen) atoms. The van der Waals surface area contributed by atoms with Crippen LogP contribution in [-0.2, 0) is 9.53 Å². The average Bonchev–Trinajstić information content (AvgIpc) is 2.04. The molecule has 1 aliphatic rings. The molecule has 1 amide bonds. The summed E-state index contributed by atoms with van der Waals surface area (Å²) in [5.74, 6) is -0.191. The highest BCUT2D eigenvalue weighted by Gasteiger charge is 2.36. The van der Waals surface area contributed by atoms with Crippen molar-refractivity contribution in [2.24, 2.45) is 11.1 Å². The van der Waals surface area contributed by atoms with Gasteiger partial charge in [0.1, 0.15) is 0 Å². The van der Waals surface area contributed by atoms with Crippen LogP contribution in [0.15, 0.2) is 0 Å². The van der Waals surface area contributed by atoms with Crippen molar-refractivity contribution in [2.45, 2.75) is 38.7 Å². The first-order valence-corrected chi connectivity index (χ1v) is 4.41. The number of methoxy groups -OCH3 is 1. The first-order valence-electron chi connectivity index (χ1n) is 4.41. The van der Waals surface area contributed by atoms with Gasteiger partial charge in [-0.15, -0.1) is 0 Å². The summed E-state index contributed by atoms with van der Waals surface area (Å²) < 4.78 is 5.23. The molecule has 0 aromatic rings. The number of amides is 1. The number of carbonyl (C=O) groups excluding carboxylic acids is 1. The minimum absolute atomic E-state index is 0.191. The zero-order chi connectivity index (χ0) is 9.19.